The molecule has 0 fully saturated rings. The third-order valence-corrected chi connectivity index (χ3v) is 1.48. The SMILES string of the molecule is CC.Cc1ncc2[nH]c(C)nc2n1.[HH]. The molecule has 2 heterocycles. The number of imidazole rings is 1. The normalized spacial score (nSPS) is 9.54. The van der Waals surface area contributed by atoms with Gasteiger partial charge in [0.15, 0.2) is 5.65 Å². The Bertz CT molecular complexity index is 397. The fourth-order valence-corrected chi connectivity index (χ4v) is 1.01. The van der Waals surface area contributed by atoms with E-state index in [0.717, 1.165) is 22.8 Å². The number of hydrogen-bond acceptors (Lipinski definition) is 3. The molecular weight excluding hydrogens is 164 g/mol. The number of aromatic nitrogens is 4. The average molecular weight is 180 g/mol. The van der Waals surface area contributed by atoms with Crippen molar-refractivity contribution in [1.82, 2.24) is 19.9 Å². The van der Waals surface area contributed by atoms with Crippen molar-refractivity contribution in [3.05, 3.63) is 17.8 Å². The molecule has 2 rings (SSSR count). The zero-order valence-electron chi connectivity index (χ0n) is 8.42. The van der Waals surface area contributed by atoms with Gasteiger partial charge in [-0.25, -0.2) is 15.0 Å². The molecule has 72 valence electrons. The largest absolute Gasteiger partial charge is 0.340 e. The zero-order valence-corrected chi connectivity index (χ0v) is 8.42. The topological polar surface area (TPSA) is 54.5 Å². The highest BCUT2D eigenvalue weighted by atomic mass is 15.0. The monoisotopic (exact) mass is 180 g/mol. The van der Waals surface area contributed by atoms with Gasteiger partial charge in [0.1, 0.15) is 17.2 Å². The van der Waals surface area contributed by atoms with Crippen LogP contribution < -0.4 is 0 Å². The smallest absolute Gasteiger partial charge is 0.181 e. The lowest BCUT2D eigenvalue weighted by Gasteiger charge is -1.87. The summed E-state index contributed by atoms with van der Waals surface area (Å²) >= 11 is 0. The van der Waals surface area contributed by atoms with Gasteiger partial charge in [0, 0.05) is 1.43 Å². The molecule has 0 bridgehead atoms. The van der Waals surface area contributed by atoms with Crippen molar-refractivity contribution in [3.63, 3.8) is 0 Å². The highest BCUT2D eigenvalue weighted by Crippen LogP contribution is 2.05. The number of hydrogen-bond donors (Lipinski definition) is 1. The second-order valence-electron chi connectivity index (χ2n) is 2.48. The van der Waals surface area contributed by atoms with Crippen LogP contribution >= 0.6 is 0 Å². The summed E-state index contributed by atoms with van der Waals surface area (Å²) < 4.78 is 0. The van der Waals surface area contributed by atoms with E-state index in [1.807, 2.05) is 27.7 Å². The molecule has 2 aromatic heterocycles. The molecule has 1 N–H and O–H groups in total. The molecule has 0 atom stereocenters. The van der Waals surface area contributed by atoms with Gasteiger partial charge in [-0.05, 0) is 13.8 Å². The minimum atomic E-state index is 0. The van der Waals surface area contributed by atoms with E-state index in [-0.39, 0.29) is 1.43 Å². The first-order valence-corrected chi connectivity index (χ1v) is 4.41. The number of H-pyrrole nitrogens is 1. The Hall–Kier alpha value is -1.45. The molecule has 2 aromatic rings. The van der Waals surface area contributed by atoms with Gasteiger partial charge in [0.2, 0.25) is 0 Å². The number of fused-ring (bicyclic) bond motifs is 1. The highest BCUT2D eigenvalue weighted by Gasteiger charge is 1.99. The van der Waals surface area contributed by atoms with E-state index in [0.29, 0.717) is 0 Å². The summed E-state index contributed by atoms with van der Waals surface area (Å²) in [6, 6.07) is 0. The van der Waals surface area contributed by atoms with Crippen molar-refractivity contribution < 1.29 is 1.43 Å². The summed E-state index contributed by atoms with van der Waals surface area (Å²) in [4.78, 5) is 15.4. The molecule has 0 aliphatic heterocycles. The van der Waals surface area contributed by atoms with Crippen molar-refractivity contribution in [1.29, 1.82) is 0 Å². The Morgan fingerprint density at radius 1 is 1.23 bits per heavy atom. The van der Waals surface area contributed by atoms with Gasteiger partial charge in [-0.1, -0.05) is 13.8 Å². The van der Waals surface area contributed by atoms with E-state index in [1.165, 1.54) is 0 Å². The van der Waals surface area contributed by atoms with Crippen LogP contribution in [0.3, 0.4) is 0 Å². The first-order chi connectivity index (χ1) is 6.25. The van der Waals surface area contributed by atoms with E-state index in [2.05, 4.69) is 19.9 Å². The second-order valence-corrected chi connectivity index (χ2v) is 2.48. The third-order valence-electron chi connectivity index (χ3n) is 1.48. The minimum Gasteiger partial charge on any atom is -0.340 e. The summed E-state index contributed by atoms with van der Waals surface area (Å²) in [5.41, 5.74) is 1.64. The van der Waals surface area contributed by atoms with Crippen LogP contribution in [0.2, 0.25) is 0 Å². The molecule has 0 aliphatic carbocycles. The maximum Gasteiger partial charge on any atom is 0.181 e. The molecular formula is C9H16N4. The maximum absolute atomic E-state index is 4.17. The highest BCUT2D eigenvalue weighted by molar-refractivity contribution is 5.68. The van der Waals surface area contributed by atoms with Crippen molar-refractivity contribution >= 4 is 11.2 Å². The predicted octanol–water partition coefficient (Wildman–Crippen LogP) is 2.24. The molecule has 4 nitrogen and oxygen atoms in total. The van der Waals surface area contributed by atoms with Gasteiger partial charge in [-0.15, -0.1) is 0 Å². The van der Waals surface area contributed by atoms with Gasteiger partial charge >= 0.3 is 0 Å². The average Bonchev–Trinajstić information content (AvgIpc) is 2.48. The number of aromatic amines is 1. The molecule has 0 radical (unpaired) electrons. The van der Waals surface area contributed by atoms with E-state index in [4.69, 9.17) is 0 Å². The fourth-order valence-electron chi connectivity index (χ4n) is 1.01. The van der Waals surface area contributed by atoms with Gasteiger partial charge in [-0.2, -0.15) is 0 Å². The van der Waals surface area contributed by atoms with Crippen LogP contribution in [0.25, 0.3) is 11.2 Å². The Morgan fingerprint density at radius 3 is 2.62 bits per heavy atom. The molecule has 0 saturated heterocycles. The summed E-state index contributed by atoms with van der Waals surface area (Å²) in [6.07, 6.45) is 1.75. The van der Waals surface area contributed by atoms with Crippen LogP contribution in [0.5, 0.6) is 0 Å². The third kappa shape index (κ3) is 2.02. The van der Waals surface area contributed by atoms with E-state index in [9.17, 15) is 0 Å². The van der Waals surface area contributed by atoms with Crippen LogP contribution in [0.1, 0.15) is 26.9 Å². The number of rotatable bonds is 0. The lowest BCUT2D eigenvalue weighted by molar-refractivity contribution is 1.08. The number of nitrogens with zero attached hydrogens (tertiary/aromatic N) is 3. The van der Waals surface area contributed by atoms with Gasteiger partial charge in [-0.3, -0.25) is 0 Å². The lowest BCUT2D eigenvalue weighted by atomic mass is 10.5. The number of nitrogens with one attached hydrogen (secondary N) is 1. The van der Waals surface area contributed by atoms with E-state index < -0.39 is 0 Å². The molecule has 0 aliphatic rings. The van der Waals surface area contributed by atoms with E-state index >= 15 is 0 Å². The van der Waals surface area contributed by atoms with Gasteiger partial charge < -0.3 is 4.98 Å². The summed E-state index contributed by atoms with van der Waals surface area (Å²) in [5, 5.41) is 0. The predicted molar refractivity (Wildman–Crippen MR) is 54.6 cm³/mol. The Kier molecular flexibility index (Phi) is 2.95. The summed E-state index contributed by atoms with van der Waals surface area (Å²) in [7, 11) is 0. The van der Waals surface area contributed by atoms with Crippen molar-refractivity contribution in [2.75, 3.05) is 0 Å². The van der Waals surface area contributed by atoms with Crippen LogP contribution in [-0.2, 0) is 0 Å². The maximum atomic E-state index is 4.17. The van der Waals surface area contributed by atoms with Crippen molar-refractivity contribution in [2.45, 2.75) is 27.7 Å². The Labute approximate surface area is 78.9 Å². The summed E-state index contributed by atoms with van der Waals surface area (Å²) in [5.74, 6) is 1.63. The first kappa shape index (κ1) is 9.64. The standard InChI is InChI=1S/C7H8N4.C2H6.H2/c1-4-8-3-6-7(10-4)11-5(2)9-6;1-2;/h3H,1-2H3,(H,8,9,10,11);1-2H3;1H. The van der Waals surface area contributed by atoms with E-state index in [1.54, 1.807) is 6.20 Å². The minimum absolute atomic E-state index is 0. The fraction of sp³-hybridized carbons (Fsp3) is 0.444. The van der Waals surface area contributed by atoms with Crippen LogP contribution in [0.4, 0.5) is 0 Å². The molecule has 4 heteroatoms. The molecule has 13 heavy (non-hydrogen) atoms. The molecule has 0 unspecified atom stereocenters. The van der Waals surface area contributed by atoms with Crippen molar-refractivity contribution in [2.24, 2.45) is 0 Å². The zero-order chi connectivity index (χ0) is 9.84. The Balaban J connectivity index is 0.000000531. The van der Waals surface area contributed by atoms with Gasteiger partial charge in [0.05, 0.1) is 6.20 Å². The second kappa shape index (κ2) is 3.98. The first-order valence-electron chi connectivity index (χ1n) is 4.41. The summed E-state index contributed by atoms with van der Waals surface area (Å²) in [6.45, 7) is 7.75. The lowest BCUT2D eigenvalue weighted by Crippen LogP contribution is -1.85. The number of aryl methyl sites for hydroxylation is 2. The van der Waals surface area contributed by atoms with Crippen LogP contribution in [0, 0.1) is 13.8 Å². The molecule has 0 spiro atoms. The molecule has 0 aromatic carbocycles. The van der Waals surface area contributed by atoms with Crippen LogP contribution in [0.15, 0.2) is 6.20 Å². The molecule has 0 saturated carbocycles. The van der Waals surface area contributed by atoms with Gasteiger partial charge in [0.25, 0.3) is 0 Å². The molecule has 0 amide bonds. The van der Waals surface area contributed by atoms with Crippen molar-refractivity contribution in [3.8, 4) is 0 Å². The van der Waals surface area contributed by atoms with Crippen LogP contribution in [-0.4, -0.2) is 19.9 Å². The Morgan fingerprint density at radius 2 is 1.92 bits per heavy atom. The quantitative estimate of drug-likeness (QED) is 0.676.